The molecule has 0 aliphatic heterocycles. The fraction of sp³-hybridized carbons (Fsp3) is 0.462. The second kappa shape index (κ2) is 4.64. The largest absolute Gasteiger partial charge is 0.371 e. The lowest BCUT2D eigenvalue weighted by molar-refractivity contribution is 0.112. The molecule has 1 aliphatic rings. The van der Waals surface area contributed by atoms with Crippen molar-refractivity contribution in [3.63, 3.8) is 0 Å². The lowest BCUT2D eigenvalue weighted by Crippen LogP contribution is -2.30. The standard InChI is InChI=1S/C13H16FNO/c1-15(8-10-4-2-5-10)13-11(9-16)6-3-7-12(13)14/h3,6-7,9-10H,2,4-5,8H2,1H3. The molecule has 0 bridgehead atoms. The lowest BCUT2D eigenvalue weighted by atomic mass is 9.85. The molecule has 0 unspecified atom stereocenters. The van der Waals surface area contributed by atoms with Crippen LogP contribution in [0, 0.1) is 11.7 Å². The van der Waals surface area contributed by atoms with E-state index in [0.29, 0.717) is 17.2 Å². The summed E-state index contributed by atoms with van der Waals surface area (Å²) >= 11 is 0. The molecule has 1 aliphatic carbocycles. The van der Waals surface area contributed by atoms with Crippen LogP contribution in [-0.4, -0.2) is 19.9 Å². The molecule has 0 radical (unpaired) electrons. The molecule has 16 heavy (non-hydrogen) atoms. The third-order valence-electron chi connectivity index (χ3n) is 3.28. The summed E-state index contributed by atoms with van der Waals surface area (Å²) in [5.74, 6) is 0.343. The van der Waals surface area contributed by atoms with E-state index in [1.165, 1.54) is 25.3 Å². The quantitative estimate of drug-likeness (QED) is 0.729. The predicted octanol–water partition coefficient (Wildman–Crippen LogP) is 2.87. The van der Waals surface area contributed by atoms with Gasteiger partial charge in [0.25, 0.3) is 0 Å². The maximum Gasteiger partial charge on any atom is 0.152 e. The Bertz CT molecular complexity index is 388. The number of hydrogen-bond donors (Lipinski definition) is 0. The molecular weight excluding hydrogens is 205 g/mol. The van der Waals surface area contributed by atoms with Gasteiger partial charge in [0.05, 0.1) is 5.69 Å². The van der Waals surface area contributed by atoms with E-state index in [-0.39, 0.29) is 5.82 Å². The highest BCUT2D eigenvalue weighted by Gasteiger charge is 2.21. The second-order valence-corrected chi connectivity index (χ2v) is 4.47. The third kappa shape index (κ3) is 2.08. The molecule has 2 nitrogen and oxygen atoms in total. The Kier molecular flexibility index (Phi) is 3.22. The van der Waals surface area contributed by atoms with Crippen molar-refractivity contribution in [1.82, 2.24) is 0 Å². The number of para-hydroxylation sites is 1. The zero-order valence-electron chi connectivity index (χ0n) is 9.45. The van der Waals surface area contributed by atoms with E-state index in [0.717, 1.165) is 12.8 Å². The van der Waals surface area contributed by atoms with Gasteiger partial charge in [-0.25, -0.2) is 4.39 Å². The van der Waals surface area contributed by atoms with Gasteiger partial charge in [-0.05, 0) is 30.9 Å². The number of benzene rings is 1. The molecule has 0 aromatic heterocycles. The molecule has 0 N–H and O–H groups in total. The Morgan fingerprint density at radius 2 is 2.25 bits per heavy atom. The van der Waals surface area contributed by atoms with Crippen LogP contribution in [0.3, 0.4) is 0 Å². The van der Waals surface area contributed by atoms with E-state index < -0.39 is 0 Å². The summed E-state index contributed by atoms with van der Waals surface area (Å²) in [6.45, 7) is 0.835. The molecule has 0 amide bonds. The van der Waals surface area contributed by atoms with Gasteiger partial charge < -0.3 is 4.90 Å². The number of anilines is 1. The number of halogens is 1. The maximum atomic E-state index is 13.7. The van der Waals surface area contributed by atoms with Gasteiger partial charge in [0.2, 0.25) is 0 Å². The van der Waals surface area contributed by atoms with Crippen molar-refractivity contribution in [2.75, 3.05) is 18.5 Å². The summed E-state index contributed by atoms with van der Waals surface area (Å²) in [7, 11) is 1.85. The Morgan fingerprint density at radius 3 is 2.81 bits per heavy atom. The molecule has 86 valence electrons. The van der Waals surface area contributed by atoms with Crippen molar-refractivity contribution in [3.8, 4) is 0 Å². The first-order valence-electron chi connectivity index (χ1n) is 5.67. The number of nitrogens with zero attached hydrogens (tertiary/aromatic N) is 1. The van der Waals surface area contributed by atoms with E-state index in [4.69, 9.17) is 0 Å². The summed E-state index contributed by atoms with van der Waals surface area (Å²) in [6.07, 6.45) is 4.43. The van der Waals surface area contributed by atoms with Crippen LogP contribution in [0.1, 0.15) is 29.6 Å². The summed E-state index contributed by atoms with van der Waals surface area (Å²) < 4.78 is 13.7. The van der Waals surface area contributed by atoms with Gasteiger partial charge in [0.1, 0.15) is 5.82 Å². The zero-order chi connectivity index (χ0) is 11.5. The number of hydrogen-bond acceptors (Lipinski definition) is 2. The van der Waals surface area contributed by atoms with Gasteiger partial charge in [-0.15, -0.1) is 0 Å². The molecule has 3 heteroatoms. The normalized spacial score (nSPS) is 15.6. The highest BCUT2D eigenvalue weighted by Crippen LogP contribution is 2.30. The van der Waals surface area contributed by atoms with Crippen molar-refractivity contribution < 1.29 is 9.18 Å². The van der Waals surface area contributed by atoms with Gasteiger partial charge in [-0.1, -0.05) is 12.5 Å². The molecule has 1 aromatic carbocycles. The summed E-state index contributed by atoms with van der Waals surface area (Å²) in [4.78, 5) is 12.7. The van der Waals surface area contributed by atoms with Crippen LogP contribution in [0.25, 0.3) is 0 Å². The summed E-state index contributed by atoms with van der Waals surface area (Å²) in [5.41, 5.74) is 0.867. The second-order valence-electron chi connectivity index (χ2n) is 4.47. The molecule has 0 atom stereocenters. The number of carbonyl (C=O) groups excluding carboxylic acids is 1. The van der Waals surface area contributed by atoms with Crippen LogP contribution in [0.4, 0.5) is 10.1 Å². The van der Waals surface area contributed by atoms with Crippen LogP contribution in [0.5, 0.6) is 0 Å². The Morgan fingerprint density at radius 1 is 1.50 bits per heavy atom. The van der Waals surface area contributed by atoms with Gasteiger partial charge in [-0.2, -0.15) is 0 Å². The lowest BCUT2D eigenvalue weighted by Gasteiger charge is -2.31. The molecular formula is C13H16FNO. The average molecular weight is 221 g/mol. The monoisotopic (exact) mass is 221 g/mol. The molecule has 0 spiro atoms. The van der Waals surface area contributed by atoms with Gasteiger partial charge >= 0.3 is 0 Å². The first-order valence-corrected chi connectivity index (χ1v) is 5.67. The fourth-order valence-corrected chi connectivity index (χ4v) is 2.18. The third-order valence-corrected chi connectivity index (χ3v) is 3.28. The number of aldehydes is 1. The fourth-order valence-electron chi connectivity index (χ4n) is 2.18. The van der Waals surface area contributed by atoms with Gasteiger partial charge in [0, 0.05) is 19.2 Å². The minimum absolute atomic E-state index is 0.313. The Labute approximate surface area is 95.1 Å². The molecule has 1 saturated carbocycles. The first kappa shape index (κ1) is 11.1. The molecule has 2 rings (SSSR count). The molecule has 0 saturated heterocycles. The smallest absolute Gasteiger partial charge is 0.152 e. The molecule has 0 heterocycles. The van der Waals surface area contributed by atoms with Crippen molar-refractivity contribution >= 4 is 12.0 Å². The van der Waals surface area contributed by atoms with E-state index >= 15 is 0 Å². The average Bonchev–Trinajstić information content (AvgIpc) is 2.22. The van der Waals surface area contributed by atoms with Crippen LogP contribution in [-0.2, 0) is 0 Å². The number of rotatable bonds is 4. The molecule has 1 fully saturated rings. The van der Waals surface area contributed by atoms with Gasteiger partial charge in [-0.3, -0.25) is 4.79 Å². The van der Waals surface area contributed by atoms with Crippen LogP contribution in [0.2, 0.25) is 0 Å². The van der Waals surface area contributed by atoms with Crippen molar-refractivity contribution in [1.29, 1.82) is 0 Å². The minimum atomic E-state index is -0.313. The zero-order valence-corrected chi connectivity index (χ0v) is 9.45. The summed E-state index contributed by atoms with van der Waals surface area (Å²) in [5, 5.41) is 0. The SMILES string of the molecule is CN(CC1CCC1)c1c(F)cccc1C=O. The Balaban J connectivity index is 2.19. The highest BCUT2D eigenvalue weighted by molar-refractivity contribution is 5.84. The maximum absolute atomic E-state index is 13.7. The molecule has 1 aromatic rings. The van der Waals surface area contributed by atoms with E-state index in [9.17, 15) is 9.18 Å². The topological polar surface area (TPSA) is 20.3 Å². The van der Waals surface area contributed by atoms with Crippen LogP contribution in [0.15, 0.2) is 18.2 Å². The highest BCUT2D eigenvalue weighted by atomic mass is 19.1. The van der Waals surface area contributed by atoms with Gasteiger partial charge in [0.15, 0.2) is 6.29 Å². The first-order chi connectivity index (χ1) is 7.72. The van der Waals surface area contributed by atoms with Crippen molar-refractivity contribution in [2.45, 2.75) is 19.3 Å². The van der Waals surface area contributed by atoms with E-state index in [1.807, 2.05) is 11.9 Å². The van der Waals surface area contributed by atoms with E-state index in [2.05, 4.69) is 0 Å². The van der Waals surface area contributed by atoms with E-state index in [1.54, 1.807) is 12.1 Å². The number of carbonyl (C=O) groups is 1. The van der Waals surface area contributed by atoms with Crippen LogP contribution < -0.4 is 4.90 Å². The Hall–Kier alpha value is -1.38. The summed E-state index contributed by atoms with van der Waals surface area (Å²) in [6, 6.07) is 4.63. The van der Waals surface area contributed by atoms with Crippen molar-refractivity contribution in [3.05, 3.63) is 29.6 Å². The van der Waals surface area contributed by atoms with Crippen LogP contribution >= 0.6 is 0 Å². The predicted molar refractivity (Wildman–Crippen MR) is 62.4 cm³/mol. The van der Waals surface area contributed by atoms with Crippen molar-refractivity contribution in [2.24, 2.45) is 5.92 Å². The minimum Gasteiger partial charge on any atom is -0.371 e.